The predicted octanol–water partition coefficient (Wildman–Crippen LogP) is 2.23. The highest BCUT2D eigenvalue weighted by Gasteiger charge is 2.24. The Morgan fingerprint density at radius 1 is 1.24 bits per heavy atom. The first kappa shape index (κ1) is 19.5. The molecule has 1 aromatic carbocycles. The summed E-state index contributed by atoms with van der Waals surface area (Å²) in [6, 6.07) is 6.43. The molecule has 1 heterocycles. The van der Waals surface area contributed by atoms with Crippen molar-refractivity contribution in [3.8, 4) is 5.75 Å². The third-order valence-electron chi connectivity index (χ3n) is 4.22. The van der Waals surface area contributed by atoms with Gasteiger partial charge in [-0.15, -0.1) is 0 Å². The van der Waals surface area contributed by atoms with Gasteiger partial charge in [0.15, 0.2) is 0 Å². The number of rotatable bonds is 7. The number of hydrogen-bond donors (Lipinski definition) is 1. The predicted molar refractivity (Wildman–Crippen MR) is 94.1 cm³/mol. The monoisotopic (exact) mass is 370 g/mol. The van der Waals surface area contributed by atoms with Gasteiger partial charge in [0.2, 0.25) is 10.0 Å². The first-order valence-corrected chi connectivity index (χ1v) is 10.00. The fourth-order valence-corrected chi connectivity index (χ4v) is 3.81. The molecule has 1 aliphatic rings. The fraction of sp³-hybridized carbons (Fsp3) is 0.588. The van der Waals surface area contributed by atoms with E-state index < -0.39 is 10.0 Å². The molecule has 1 N–H and O–H groups in total. The van der Waals surface area contributed by atoms with E-state index in [9.17, 15) is 13.2 Å². The highest BCUT2D eigenvalue weighted by molar-refractivity contribution is 7.89. The Morgan fingerprint density at radius 3 is 2.44 bits per heavy atom. The smallest absolute Gasteiger partial charge is 0.409 e. The summed E-state index contributed by atoms with van der Waals surface area (Å²) in [5, 5.41) is 0. The average molecular weight is 370 g/mol. The number of carbonyl (C=O) groups excluding carboxylic acids is 1. The number of amides is 1. The first-order chi connectivity index (χ1) is 12.0. The molecule has 25 heavy (non-hydrogen) atoms. The van der Waals surface area contributed by atoms with E-state index in [2.05, 4.69) is 4.72 Å². The molecule has 2 rings (SSSR count). The number of sulfonamides is 1. The zero-order chi connectivity index (χ0) is 18.3. The van der Waals surface area contributed by atoms with Crippen molar-refractivity contribution < 1.29 is 22.7 Å². The molecule has 1 amide bonds. The molecule has 0 unspecified atom stereocenters. The first-order valence-electron chi connectivity index (χ1n) is 8.51. The molecule has 140 valence electrons. The largest absolute Gasteiger partial charge is 0.494 e. The van der Waals surface area contributed by atoms with E-state index in [-0.39, 0.29) is 16.9 Å². The molecular weight excluding hydrogens is 344 g/mol. The van der Waals surface area contributed by atoms with Crippen molar-refractivity contribution in [1.29, 1.82) is 0 Å². The minimum absolute atomic E-state index is 0.211. The second-order valence-corrected chi connectivity index (χ2v) is 7.84. The van der Waals surface area contributed by atoms with E-state index in [0.717, 1.165) is 19.3 Å². The van der Waals surface area contributed by atoms with Crippen LogP contribution in [-0.4, -0.2) is 52.8 Å². The molecule has 0 aliphatic carbocycles. The van der Waals surface area contributed by atoms with Crippen LogP contribution in [0.1, 0.15) is 26.2 Å². The van der Waals surface area contributed by atoms with Crippen molar-refractivity contribution in [3.63, 3.8) is 0 Å². The minimum atomic E-state index is -3.54. The summed E-state index contributed by atoms with van der Waals surface area (Å²) >= 11 is 0. The number of nitrogens with zero attached hydrogens (tertiary/aromatic N) is 1. The van der Waals surface area contributed by atoms with E-state index in [1.165, 1.54) is 7.11 Å². The minimum Gasteiger partial charge on any atom is -0.494 e. The molecule has 1 aromatic rings. The summed E-state index contributed by atoms with van der Waals surface area (Å²) in [4.78, 5) is 13.3. The van der Waals surface area contributed by atoms with Crippen LogP contribution in [0.3, 0.4) is 0 Å². The van der Waals surface area contributed by atoms with Crippen LogP contribution < -0.4 is 9.46 Å². The van der Waals surface area contributed by atoms with Crippen molar-refractivity contribution >= 4 is 16.1 Å². The molecule has 0 radical (unpaired) electrons. The molecule has 0 aromatic heterocycles. The lowest BCUT2D eigenvalue weighted by Gasteiger charge is -2.30. The van der Waals surface area contributed by atoms with Gasteiger partial charge in [-0.3, -0.25) is 0 Å². The van der Waals surface area contributed by atoms with E-state index >= 15 is 0 Å². The second kappa shape index (κ2) is 9.05. The maximum Gasteiger partial charge on any atom is 0.409 e. The third-order valence-corrected chi connectivity index (χ3v) is 5.66. The lowest BCUT2D eigenvalue weighted by atomic mass is 9.97. The van der Waals surface area contributed by atoms with E-state index in [4.69, 9.17) is 9.47 Å². The number of carbonyl (C=O) groups is 1. The van der Waals surface area contributed by atoms with Gasteiger partial charge in [0.05, 0.1) is 18.6 Å². The summed E-state index contributed by atoms with van der Waals surface area (Å²) < 4.78 is 37.6. The van der Waals surface area contributed by atoms with Crippen LogP contribution in [0.2, 0.25) is 0 Å². The highest BCUT2D eigenvalue weighted by Crippen LogP contribution is 2.19. The Kier molecular flexibility index (Phi) is 7.07. The molecule has 0 saturated carbocycles. The Labute approximate surface area is 149 Å². The molecular formula is C17H26N2O5S. The van der Waals surface area contributed by atoms with Crippen LogP contribution in [0.25, 0.3) is 0 Å². The zero-order valence-electron chi connectivity index (χ0n) is 14.7. The van der Waals surface area contributed by atoms with Crippen molar-refractivity contribution in [1.82, 2.24) is 9.62 Å². The van der Waals surface area contributed by atoms with Gasteiger partial charge in [0.1, 0.15) is 5.75 Å². The molecule has 0 spiro atoms. The van der Waals surface area contributed by atoms with Crippen molar-refractivity contribution in [2.24, 2.45) is 5.92 Å². The molecule has 0 bridgehead atoms. The standard InChI is InChI=1S/C17H26N2O5S/c1-3-12-24-15-4-6-16(7-5-15)25(21,22)18-13-14-8-10-19(11-9-14)17(20)23-2/h4-7,14,18H,3,8-13H2,1-2H3. The Hall–Kier alpha value is -1.80. The summed E-state index contributed by atoms with van der Waals surface area (Å²) in [6.45, 7) is 4.16. The van der Waals surface area contributed by atoms with Crippen molar-refractivity contribution in [2.45, 2.75) is 31.1 Å². The number of benzene rings is 1. The molecule has 1 aliphatic heterocycles. The van der Waals surface area contributed by atoms with Gasteiger partial charge >= 0.3 is 6.09 Å². The van der Waals surface area contributed by atoms with Crippen LogP contribution in [-0.2, 0) is 14.8 Å². The molecule has 7 nitrogen and oxygen atoms in total. The number of methoxy groups -OCH3 is 1. The van der Waals surface area contributed by atoms with Crippen LogP contribution in [0.5, 0.6) is 5.75 Å². The lowest BCUT2D eigenvalue weighted by molar-refractivity contribution is 0.106. The van der Waals surface area contributed by atoms with Gasteiger partial charge in [-0.05, 0) is 49.4 Å². The van der Waals surface area contributed by atoms with Crippen molar-refractivity contribution in [3.05, 3.63) is 24.3 Å². The number of piperidine rings is 1. The Balaban J connectivity index is 1.84. The summed E-state index contributed by atoms with van der Waals surface area (Å²) in [5.74, 6) is 0.874. The van der Waals surface area contributed by atoms with Gasteiger partial charge in [0.25, 0.3) is 0 Å². The van der Waals surface area contributed by atoms with E-state index in [1.807, 2.05) is 6.92 Å². The SMILES string of the molecule is CCCOc1ccc(S(=O)(=O)NCC2CCN(C(=O)OC)CC2)cc1. The Morgan fingerprint density at radius 2 is 1.88 bits per heavy atom. The number of ether oxygens (including phenoxy) is 2. The molecule has 0 atom stereocenters. The van der Waals surface area contributed by atoms with Gasteiger partial charge < -0.3 is 14.4 Å². The zero-order valence-corrected chi connectivity index (χ0v) is 15.5. The molecule has 1 saturated heterocycles. The lowest BCUT2D eigenvalue weighted by Crippen LogP contribution is -2.41. The van der Waals surface area contributed by atoms with E-state index in [1.54, 1.807) is 29.2 Å². The topological polar surface area (TPSA) is 84.9 Å². The second-order valence-electron chi connectivity index (χ2n) is 6.07. The number of nitrogens with one attached hydrogen (secondary N) is 1. The quantitative estimate of drug-likeness (QED) is 0.796. The van der Waals surface area contributed by atoms with Crippen LogP contribution in [0.15, 0.2) is 29.2 Å². The maximum absolute atomic E-state index is 12.4. The summed E-state index contributed by atoms with van der Waals surface area (Å²) in [6.07, 6.45) is 2.07. The molecule has 1 fully saturated rings. The number of hydrogen-bond acceptors (Lipinski definition) is 5. The van der Waals surface area contributed by atoms with Gasteiger partial charge in [0, 0.05) is 19.6 Å². The van der Waals surface area contributed by atoms with Crippen molar-refractivity contribution in [2.75, 3.05) is 33.4 Å². The van der Waals surface area contributed by atoms with Crippen LogP contribution >= 0.6 is 0 Å². The third kappa shape index (κ3) is 5.61. The fourth-order valence-electron chi connectivity index (χ4n) is 2.69. The average Bonchev–Trinajstić information content (AvgIpc) is 2.65. The van der Waals surface area contributed by atoms with Crippen LogP contribution in [0.4, 0.5) is 4.79 Å². The summed E-state index contributed by atoms with van der Waals surface area (Å²) in [5.41, 5.74) is 0. The van der Waals surface area contributed by atoms with Gasteiger partial charge in [-0.25, -0.2) is 17.9 Å². The molecule has 8 heteroatoms. The Bertz CT molecular complexity index is 652. The maximum atomic E-state index is 12.4. The number of likely N-dealkylation sites (tertiary alicyclic amines) is 1. The van der Waals surface area contributed by atoms with Gasteiger partial charge in [-0.1, -0.05) is 6.92 Å². The highest BCUT2D eigenvalue weighted by atomic mass is 32.2. The van der Waals surface area contributed by atoms with Gasteiger partial charge in [-0.2, -0.15) is 0 Å². The normalized spacial score (nSPS) is 15.8. The summed E-state index contributed by atoms with van der Waals surface area (Å²) in [7, 11) is -2.18. The van der Waals surface area contributed by atoms with E-state index in [0.29, 0.717) is 32.0 Å². The van der Waals surface area contributed by atoms with Crippen LogP contribution in [0, 0.1) is 5.92 Å².